The summed E-state index contributed by atoms with van der Waals surface area (Å²) in [5.74, 6) is -0.395. The highest BCUT2D eigenvalue weighted by molar-refractivity contribution is 7.13. The van der Waals surface area contributed by atoms with Crippen LogP contribution < -0.4 is 10.6 Å². The van der Waals surface area contributed by atoms with E-state index in [1.54, 1.807) is 13.8 Å². The highest BCUT2D eigenvalue weighted by Crippen LogP contribution is 2.40. The fourth-order valence-electron chi connectivity index (χ4n) is 1.77. The van der Waals surface area contributed by atoms with Crippen molar-refractivity contribution in [1.82, 2.24) is 10.3 Å². The van der Waals surface area contributed by atoms with Crippen molar-refractivity contribution in [1.29, 1.82) is 0 Å². The molecule has 1 saturated carbocycles. The first-order chi connectivity index (χ1) is 8.85. The summed E-state index contributed by atoms with van der Waals surface area (Å²) in [7, 11) is 0. The minimum atomic E-state index is -0.949. The van der Waals surface area contributed by atoms with Crippen LogP contribution >= 0.6 is 11.3 Å². The molecule has 2 rings (SSSR count). The quantitative estimate of drug-likeness (QED) is 0.773. The lowest BCUT2D eigenvalue weighted by Gasteiger charge is -2.23. The van der Waals surface area contributed by atoms with Crippen molar-refractivity contribution in [3.63, 3.8) is 0 Å². The molecule has 19 heavy (non-hydrogen) atoms. The van der Waals surface area contributed by atoms with E-state index in [0.717, 1.165) is 5.69 Å². The molecule has 104 valence electrons. The standard InChI is InChI=1S/C12H17N3O3S/c1-12(2,5-9(16)17)15-10(18)14-11-13-8(6-19-11)7-3-4-7/h6-7H,3-5H2,1-2H3,(H,16,17)(H2,13,14,15,18). The van der Waals surface area contributed by atoms with Crippen molar-refractivity contribution in [2.24, 2.45) is 0 Å². The maximum atomic E-state index is 11.8. The largest absolute Gasteiger partial charge is 0.481 e. The Balaban J connectivity index is 1.87. The van der Waals surface area contributed by atoms with Crippen LogP contribution in [-0.2, 0) is 4.79 Å². The molecule has 1 fully saturated rings. The number of carbonyl (C=O) groups excluding carboxylic acids is 1. The number of thiazole rings is 1. The molecule has 0 unspecified atom stereocenters. The fourth-order valence-corrected chi connectivity index (χ4v) is 2.56. The van der Waals surface area contributed by atoms with E-state index in [1.807, 2.05) is 5.38 Å². The van der Waals surface area contributed by atoms with Gasteiger partial charge in [-0.2, -0.15) is 0 Å². The molecule has 1 aromatic heterocycles. The fraction of sp³-hybridized carbons (Fsp3) is 0.583. The van der Waals surface area contributed by atoms with E-state index in [1.165, 1.54) is 24.2 Å². The molecular formula is C12H17N3O3S. The monoisotopic (exact) mass is 283 g/mol. The molecule has 7 heteroatoms. The van der Waals surface area contributed by atoms with Crippen LogP contribution in [0, 0.1) is 0 Å². The molecule has 0 atom stereocenters. The molecule has 1 heterocycles. The minimum Gasteiger partial charge on any atom is -0.481 e. The zero-order valence-electron chi connectivity index (χ0n) is 10.9. The first kappa shape index (κ1) is 13.8. The zero-order valence-corrected chi connectivity index (χ0v) is 11.7. The van der Waals surface area contributed by atoms with E-state index >= 15 is 0 Å². The first-order valence-electron chi connectivity index (χ1n) is 6.12. The van der Waals surface area contributed by atoms with Gasteiger partial charge < -0.3 is 10.4 Å². The third-order valence-corrected chi connectivity index (χ3v) is 3.56. The van der Waals surface area contributed by atoms with Crippen molar-refractivity contribution in [2.75, 3.05) is 5.32 Å². The number of carboxylic acids is 1. The van der Waals surface area contributed by atoms with E-state index in [4.69, 9.17) is 5.11 Å². The van der Waals surface area contributed by atoms with E-state index in [0.29, 0.717) is 11.0 Å². The molecule has 6 nitrogen and oxygen atoms in total. The van der Waals surface area contributed by atoms with Gasteiger partial charge in [0, 0.05) is 16.8 Å². The summed E-state index contributed by atoms with van der Waals surface area (Å²) >= 11 is 1.39. The molecule has 1 aliphatic carbocycles. The summed E-state index contributed by atoms with van der Waals surface area (Å²) in [5, 5.41) is 16.5. The zero-order chi connectivity index (χ0) is 14.0. The maximum Gasteiger partial charge on any atom is 0.321 e. The smallest absolute Gasteiger partial charge is 0.321 e. The summed E-state index contributed by atoms with van der Waals surface area (Å²) in [6.07, 6.45) is 2.20. The third-order valence-electron chi connectivity index (χ3n) is 2.78. The Morgan fingerprint density at radius 2 is 2.21 bits per heavy atom. The molecule has 2 amide bonds. The SMILES string of the molecule is CC(C)(CC(=O)O)NC(=O)Nc1nc(C2CC2)cs1. The Morgan fingerprint density at radius 3 is 2.79 bits per heavy atom. The summed E-state index contributed by atoms with van der Waals surface area (Å²) in [6, 6.07) is -0.428. The number of hydrogen-bond acceptors (Lipinski definition) is 4. The molecule has 0 aromatic carbocycles. The second kappa shape index (κ2) is 5.16. The molecule has 1 aromatic rings. The van der Waals surface area contributed by atoms with Crippen LogP contribution in [0.4, 0.5) is 9.93 Å². The van der Waals surface area contributed by atoms with Crippen LogP contribution in [0.15, 0.2) is 5.38 Å². The Kier molecular flexibility index (Phi) is 3.75. The third kappa shape index (κ3) is 4.20. The number of carboxylic acid groups (broad SMARTS) is 1. The van der Waals surface area contributed by atoms with Crippen LogP contribution in [0.5, 0.6) is 0 Å². The second-order valence-electron chi connectivity index (χ2n) is 5.39. The van der Waals surface area contributed by atoms with Gasteiger partial charge in [-0.25, -0.2) is 9.78 Å². The van der Waals surface area contributed by atoms with Crippen LogP contribution in [-0.4, -0.2) is 27.6 Å². The van der Waals surface area contributed by atoms with Crippen molar-refractivity contribution in [3.05, 3.63) is 11.1 Å². The van der Waals surface area contributed by atoms with Crippen molar-refractivity contribution in [3.8, 4) is 0 Å². The topological polar surface area (TPSA) is 91.3 Å². The number of amides is 2. The predicted molar refractivity (Wildman–Crippen MR) is 72.6 cm³/mol. The van der Waals surface area contributed by atoms with Gasteiger partial charge in [0.15, 0.2) is 5.13 Å². The van der Waals surface area contributed by atoms with E-state index < -0.39 is 17.5 Å². The number of carbonyl (C=O) groups is 2. The summed E-state index contributed by atoms with van der Waals surface area (Å²) in [6.45, 7) is 3.33. The summed E-state index contributed by atoms with van der Waals surface area (Å²) in [5.41, 5.74) is 0.233. The van der Waals surface area contributed by atoms with Crippen LogP contribution in [0.3, 0.4) is 0 Å². The predicted octanol–water partition coefficient (Wildman–Crippen LogP) is 2.40. The highest BCUT2D eigenvalue weighted by atomic mass is 32.1. The van der Waals surface area contributed by atoms with Gasteiger partial charge in [-0.3, -0.25) is 10.1 Å². The number of nitrogens with one attached hydrogen (secondary N) is 2. The van der Waals surface area contributed by atoms with E-state index in [-0.39, 0.29) is 6.42 Å². The molecular weight excluding hydrogens is 266 g/mol. The van der Waals surface area contributed by atoms with Gasteiger partial charge in [-0.1, -0.05) is 0 Å². The highest BCUT2D eigenvalue weighted by Gasteiger charge is 2.27. The molecule has 0 aliphatic heterocycles. The van der Waals surface area contributed by atoms with Gasteiger partial charge in [0.2, 0.25) is 0 Å². The van der Waals surface area contributed by atoms with Gasteiger partial charge in [-0.15, -0.1) is 11.3 Å². The molecule has 3 N–H and O–H groups in total. The van der Waals surface area contributed by atoms with Crippen LogP contribution in [0.2, 0.25) is 0 Å². The molecule has 0 bridgehead atoms. The Bertz CT molecular complexity index is 494. The van der Waals surface area contributed by atoms with E-state index in [2.05, 4.69) is 15.6 Å². The van der Waals surface area contributed by atoms with Crippen LogP contribution in [0.1, 0.15) is 44.7 Å². The first-order valence-corrected chi connectivity index (χ1v) is 7.00. The molecule has 0 spiro atoms. The van der Waals surface area contributed by atoms with Crippen LogP contribution in [0.25, 0.3) is 0 Å². The second-order valence-corrected chi connectivity index (χ2v) is 6.24. The lowest BCUT2D eigenvalue weighted by Crippen LogP contribution is -2.46. The number of rotatable bonds is 5. The van der Waals surface area contributed by atoms with E-state index in [9.17, 15) is 9.59 Å². The van der Waals surface area contributed by atoms with Gasteiger partial charge >= 0.3 is 12.0 Å². The number of hydrogen-bond donors (Lipinski definition) is 3. The van der Waals surface area contributed by atoms with Crippen molar-refractivity contribution in [2.45, 2.75) is 44.6 Å². The van der Waals surface area contributed by atoms with Gasteiger partial charge in [0.1, 0.15) is 0 Å². The van der Waals surface area contributed by atoms with Crippen molar-refractivity contribution < 1.29 is 14.7 Å². The Morgan fingerprint density at radius 1 is 1.53 bits per heavy atom. The Labute approximate surface area is 115 Å². The summed E-state index contributed by atoms with van der Waals surface area (Å²) < 4.78 is 0. The average molecular weight is 283 g/mol. The summed E-state index contributed by atoms with van der Waals surface area (Å²) in [4.78, 5) is 26.7. The molecule has 1 aliphatic rings. The lowest BCUT2D eigenvalue weighted by molar-refractivity contribution is -0.138. The van der Waals surface area contributed by atoms with Gasteiger partial charge in [-0.05, 0) is 26.7 Å². The van der Waals surface area contributed by atoms with Gasteiger partial charge in [0.05, 0.1) is 12.1 Å². The normalized spacial score (nSPS) is 15.1. The maximum absolute atomic E-state index is 11.8. The number of nitrogens with zero attached hydrogens (tertiary/aromatic N) is 1. The minimum absolute atomic E-state index is 0.133. The average Bonchev–Trinajstić information content (AvgIpc) is 2.97. The van der Waals surface area contributed by atoms with Crippen molar-refractivity contribution >= 4 is 28.5 Å². The number of anilines is 1. The molecule has 0 saturated heterocycles. The Hall–Kier alpha value is -1.63. The lowest BCUT2D eigenvalue weighted by atomic mass is 10.0. The number of urea groups is 1. The number of aromatic nitrogens is 1. The molecule has 0 radical (unpaired) electrons. The number of aliphatic carboxylic acids is 1. The van der Waals surface area contributed by atoms with Gasteiger partial charge in [0.25, 0.3) is 0 Å².